The number of carbonyl (C=O) groups is 1. The third-order valence-corrected chi connectivity index (χ3v) is 2.99. The predicted molar refractivity (Wildman–Crippen MR) is 63.4 cm³/mol. The fraction of sp³-hybridized carbons (Fsp3) is 0.167. The highest BCUT2D eigenvalue weighted by molar-refractivity contribution is 7.11. The van der Waals surface area contributed by atoms with E-state index < -0.39 is 17.6 Å². The summed E-state index contributed by atoms with van der Waals surface area (Å²) in [6.45, 7) is 1.96. The quantitative estimate of drug-likeness (QED) is 0.803. The second-order valence-electron chi connectivity index (χ2n) is 3.39. The average molecular weight is 269 g/mol. The molecular weight excluding hydrogens is 260 g/mol. The lowest BCUT2D eigenvalue weighted by Crippen LogP contribution is -2.03. The average Bonchev–Trinajstić information content (AvgIpc) is 2.82. The van der Waals surface area contributed by atoms with E-state index in [1.165, 1.54) is 6.07 Å². The SMILES string of the molecule is CCOC(=O)c1nc(-c2ccc(F)c(F)c2)cs1. The Hall–Kier alpha value is -1.82. The van der Waals surface area contributed by atoms with Gasteiger partial charge in [-0.3, -0.25) is 0 Å². The molecule has 6 heteroatoms. The van der Waals surface area contributed by atoms with Gasteiger partial charge in [0.05, 0.1) is 12.3 Å². The van der Waals surface area contributed by atoms with Crippen LogP contribution in [0.3, 0.4) is 0 Å². The second kappa shape index (κ2) is 5.22. The molecule has 1 heterocycles. The summed E-state index contributed by atoms with van der Waals surface area (Å²) in [4.78, 5) is 15.4. The molecule has 0 aliphatic heterocycles. The highest BCUT2D eigenvalue weighted by Crippen LogP contribution is 2.23. The Balaban J connectivity index is 2.29. The van der Waals surface area contributed by atoms with Gasteiger partial charge in [-0.05, 0) is 25.1 Å². The first-order valence-corrected chi connectivity index (χ1v) is 6.08. The molecule has 0 aliphatic carbocycles. The van der Waals surface area contributed by atoms with Crippen molar-refractivity contribution in [2.45, 2.75) is 6.92 Å². The van der Waals surface area contributed by atoms with E-state index in [-0.39, 0.29) is 11.6 Å². The lowest BCUT2D eigenvalue weighted by atomic mass is 10.2. The number of halogens is 2. The molecule has 0 atom stereocenters. The van der Waals surface area contributed by atoms with Crippen molar-refractivity contribution >= 4 is 17.3 Å². The molecule has 0 amide bonds. The first-order valence-electron chi connectivity index (χ1n) is 5.20. The van der Waals surface area contributed by atoms with Crippen molar-refractivity contribution in [3.8, 4) is 11.3 Å². The van der Waals surface area contributed by atoms with E-state index in [9.17, 15) is 13.6 Å². The zero-order valence-electron chi connectivity index (χ0n) is 9.44. The highest BCUT2D eigenvalue weighted by atomic mass is 32.1. The monoisotopic (exact) mass is 269 g/mol. The van der Waals surface area contributed by atoms with Crippen LogP contribution in [0.15, 0.2) is 23.6 Å². The lowest BCUT2D eigenvalue weighted by molar-refractivity contribution is 0.0526. The number of rotatable bonds is 3. The molecule has 1 aromatic heterocycles. The fourth-order valence-corrected chi connectivity index (χ4v) is 2.07. The maximum absolute atomic E-state index is 13.1. The smallest absolute Gasteiger partial charge is 0.367 e. The minimum atomic E-state index is -0.946. The lowest BCUT2D eigenvalue weighted by Gasteiger charge is -1.98. The van der Waals surface area contributed by atoms with Gasteiger partial charge in [-0.1, -0.05) is 0 Å². The van der Waals surface area contributed by atoms with Crippen molar-refractivity contribution in [1.82, 2.24) is 4.98 Å². The van der Waals surface area contributed by atoms with Crippen LogP contribution in [0, 0.1) is 11.6 Å². The number of thiazole rings is 1. The molecule has 0 bridgehead atoms. The number of hydrogen-bond acceptors (Lipinski definition) is 4. The van der Waals surface area contributed by atoms with E-state index >= 15 is 0 Å². The highest BCUT2D eigenvalue weighted by Gasteiger charge is 2.13. The molecule has 0 radical (unpaired) electrons. The normalized spacial score (nSPS) is 10.4. The van der Waals surface area contributed by atoms with Gasteiger partial charge in [-0.25, -0.2) is 18.6 Å². The number of esters is 1. The first kappa shape index (κ1) is 12.6. The van der Waals surface area contributed by atoms with E-state index in [0.29, 0.717) is 11.3 Å². The summed E-state index contributed by atoms with van der Waals surface area (Å²) in [5, 5.41) is 1.79. The van der Waals surface area contributed by atoms with Crippen LogP contribution >= 0.6 is 11.3 Å². The van der Waals surface area contributed by atoms with Crippen LogP contribution in [0.1, 0.15) is 16.7 Å². The van der Waals surface area contributed by atoms with Gasteiger partial charge >= 0.3 is 5.97 Å². The predicted octanol–water partition coefficient (Wildman–Crippen LogP) is 3.27. The molecule has 0 saturated heterocycles. The molecule has 0 fully saturated rings. The summed E-state index contributed by atoms with van der Waals surface area (Å²) in [5.41, 5.74) is 0.836. The fourth-order valence-electron chi connectivity index (χ4n) is 1.35. The molecule has 1 aromatic carbocycles. The van der Waals surface area contributed by atoms with Gasteiger partial charge in [-0.2, -0.15) is 0 Å². The minimum Gasteiger partial charge on any atom is -0.461 e. The van der Waals surface area contributed by atoms with Gasteiger partial charge in [-0.15, -0.1) is 11.3 Å². The largest absolute Gasteiger partial charge is 0.461 e. The first-order chi connectivity index (χ1) is 8.61. The Morgan fingerprint density at radius 3 is 2.83 bits per heavy atom. The summed E-state index contributed by atoms with van der Waals surface area (Å²) in [7, 11) is 0. The van der Waals surface area contributed by atoms with Crippen LogP contribution in [0.2, 0.25) is 0 Å². The minimum absolute atomic E-state index is 0.191. The molecule has 2 rings (SSSR count). The van der Waals surface area contributed by atoms with E-state index in [0.717, 1.165) is 23.5 Å². The van der Waals surface area contributed by atoms with E-state index in [1.54, 1.807) is 12.3 Å². The van der Waals surface area contributed by atoms with Gasteiger partial charge in [0.2, 0.25) is 5.01 Å². The van der Waals surface area contributed by atoms with Crippen LogP contribution < -0.4 is 0 Å². The summed E-state index contributed by atoms with van der Waals surface area (Å²) in [6.07, 6.45) is 0. The van der Waals surface area contributed by atoms with Crippen molar-refractivity contribution in [3.05, 3.63) is 40.2 Å². The standard InChI is InChI=1S/C12H9F2NO2S/c1-2-17-12(16)11-15-10(6-18-11)7-3-4-8(13)9(14)5-7/h3-6H,2H2,1H3. The molecule has 0 saturated carbocycles. The van der Waals surface area contributed by atoms with Gasteiger partial charge in [0.1, 0.15) is 0 Å². The molecule has 3 nitrogen and oxygen atoms in total. The molecular formula is C12H9F2NO2S. The Kier molecular flexibility index (Phi) is 3.66. The Labute approximate surface area is 106 Å². The van der Waals surface area contributed by atoms with Crippen molar-refractivity contribution in [3.63, 3.8) is 0 Å². The third-order valence-electron chi connectivity index (χ3n) is 2.17. The second-order valence-corrected chi connectivity index (χ2v) is 4.25. The summed E-state index contributed by atoms with van der Waals surface area (Å²) in [6, 6.07) is 3.47. The molecule has 94 valence electrons. The summed E-state index contributed by atoms with van der Waals surface area (Å²) >= 11 is 1.10. The molecule has 18 heavy (non-hydrogen) atoms. The van der Waals surface area contributed by atoms with Crippen molar-refractivity contribution in [1.29, 1.82) is 0 Å². The molecule has 0 aliphatic rings. The van der Waals surface area contributed by atoms with Crippen LogP contribution in [0.5, 0.6) is 0 Å². The number of carbonyl (C=O) groups excluding carboxylic acids is 1. The van der Waals surface area contributed by atoms with Gasteiger partial charge in [0.15, 0.2) is 11.6 Å². The van der Waals surface area contributed by atoms with Crippen molar-refractivity contribution in [2.75, 3.05) is 6.61 Å². The molecule has 0 N–H and O–H groups in total. The number of ether oxygens (including phenoxy) is 1. The van der Waals surface area contributed by atoms with E-state index in [2.05, 4.69) is 4.98 Å². The van der Waals surface area contributed by atoms with Crippen molar-refractivity contribution in [2.24, 2.45) is 0 Å². The molecule has 0 unspecified atom stereocenters. The number of hydrogen-bond donors (Lipinski definition) is 0. The van der Waals surface area contributed by atoms with Gasteiger partial charge in [0.25, 0.3) is 0 Å². The van der Waals surface area contributed by atoms with E-state index in [4.69, 9.17) is 4.74 Å². The summed E-state index contributed by atoms with van der Waals surface area (Å²) in [5.74, 6) is -2.38. The topological polar surface area (TPSA) is 39.2 Å². The zero-order valence-corrected chi connectivity index (χ0v) is 10.3. The Morgan fingerprint density at radius 2 is 2.17 bits per heavy atom. The summed E-state index contributed by atoms with van der Waals surface area (Å²) < 4.78 is 30.6. The maximum atomic E-state index is 13.1. The molecule has 2 aromatic rings. The Morgan fingerprint density at radius 1 is 1.39 bits per heavy atom. The van der Waals surface area contributed by atoms with Crippen LogP contribution in [-0.4, -0.2) is 17.6 Å². The number of benzene rings is 1. The van der Waals surface area contributed by atoms with Crippen LogP contribution in [0.25, 0.3) is 11.3 Å². The van der Waals surface area contributed by atoms with Gasteiger partial charge in [0, 0.05) is 10.9 Å². The molecule has 0 spiro atoms. The maximum Gasteiger partial charge on any atom is 0.367 e. The van der Waals surface area contributed by atoms with E-state index in [1.807, 2.05) is 0 Å². The number of aromatic nitrogens is 1. The van der Waals surface area contributed by atoms with Crippen LogP contribution in [-0.2, 0) is 4.74 Å². The van der Waals surface area contributed by atoms with Crippen LogP contribution in [0.4, 0.5) is 8.78 Å². The van der Waals surface area contributed by atoms with Crippen molar-refractivity contribution < 1.29 is 18.3 Å². The number of nitrogens with zero attached hydrogens (tertiary/aromatic N) is 1. The Bertz CT molecular complexity index is 583. The third kappa shape index (κ3) is 2.53. The zero-order chi connectivity index (χ0) is 13.1. The van der Waals surface area contributed by atoms with Gasteiger partial charge < -0.3 is 4.74 Å².